The molecule has 0 N–H and O–H groups in total. The van der Waals surface area contributed by atoms with Crippen molar-refractivity contribution >= 4 is 11.6 Å². The average Bonchev–Trinajstić information content (AvgIpc) is 2.18. The first-order valence-electron chi connectivity index (χ1n) is 5.81. The van der Waals surface area contributed by atoms with Gasteiger partial charge in [0.1, 0.15) is 0 Å². The fourth-order valence-corrected chi connectivity index (χ4v) is 2.86. The van der Waals surface area contributed by atoms with Crippen LogP contribution in [-0.4, -0.2) is 19.1 Å². The second-order valence-electron chi connectivity index (χ2n) is 4.96. The molecule has 2 heteroatoms. The van der Waals surface area contributed by atoms with Crippen LogP contribution in [0.15, 0.2) is 12.1 Å². The average molecular weight is 239 g/mol. The summed E-state index contributed by atoms with van der Waals surface area (Å²) >= 11 is 5.92. The number of hydrogen-bond acceptors (Lipinski definition) is 1. The number of aryl methyl sites for hydroxylation is 3. The number of alkyl halides is 1. The van der Waals surface area contributed by atoms with Crippen molar-refractivity contribution in [2.45, 2.75) is 32.6 Å². The Labute approximate surface area is 103 Å². The maximum absolute atomic E-state index is 5.92. The monoisotopic (exact) mass is 238 g/mol. The molecule has 1 nitrogen and oxygen atoms in total. The van der Waals surface area contributed by atoms with Crippen molar-refractivity contribution in [3.63, 3.8) is 0 Å². The van der Waals surface area contributed by atoms with E-state index in [9.17, 15) is 0 Å². The van der Waals surface area contributed by atoms with E-state index in [4.69, 9.17) is 16.3 Å². The summed E-state index contributed by atoms with van der Waals surface area (Å²) in [6.45, 7) is 8.17. The zero-order valence-corrected chi connectivity index (χ0v) is 11.0. The lowest BCUT2D eigenvalue weighted by molar-refractivity contribution is -0.0618. The van der Waals surface area contributed by atoms with Crippen molar-refractivity contribution in [1.29, 1.82) is 0 Å². The van der Waals surface area contributed by atoms with E-state index in [-0.39, 0.29) is 5.41 Å². The predicted octanol–water partition coefficient (Wildman–Crippen LogP) is 3.51. The fourth-order valence-electron chi connectivity index (χ4n) is 2.50. The highest BCUT2D eigenvalue weighted by Gasteiger charge is 2.40. The van der Waals surface area contributed by atoms with Crippen molar-refractivity contribution in [1.82, 2.24) is 0 Å². The smallest absolute Gasteiger partial charge is 0.0586 e. The quantitative estimate of drug-likeness (QED) is 0.733. The lowest BCUT2D eigenvalue weighted by Gasteiger charge is -2.43. The van der Waals surface area contributed by atoms with Crippen molar-refractivity contribution in [2.75, 3.05) is 19.1 Å². The van der Waals surface area contributed by atoms with E-state index in [1.54, 1.807) is 0 Å². The molecule has 1 aliphatic rings. The lowest BCUT2D eigenvalue weighted by Crippen LogP contribution is -2.47. The molecule has 1 aromatic rings. The van der Waals surface area contributed by atoms with Crippen LogP contribution in [0.5, 0.6) is 0 Å². The van der Waals surface area contributed by atoms with Gasteiger partial charge < -0.3 is 4.74 Å². The molecule has 0 unspecified atom stereocenters. The molecule has 1 aromatic carbocycles. The summed E-state index contributed by atoms with van der Waals surface area (Å²) in [7, 11) is 0. The minimum atomic E-state index is 0.185. The molecule has 16 heavy (non-hydrogen) atoms. The zero-order chi connectivity index (χ0) is 11.8. The number of halogens is 1. The highest BCUT2D eigenvalue weighted by Crippen LogP contribution is 2.38. The molecule has 0 aromatic heterocycles. The summed E-state index contributed by atoms with van der Waals surface area (Å²) in [5, 5.41) is 0. The number of ether oxygens (including phenoxy) is 1. The first kappa shape index (κ1) is 11.9. The number of hydrogen-bond donors (Lipinski definition) is 0. The number of rotatable bonds is 3. The van der Waals surface area contributed by atoms with Crippen molar-refractivity contribution in [2.24, 2.45) is 0 Å². The van der Waals surface area contributed by atoms with Crippen molar-refractivity contribution in [3.05, 3.63) is 34.4 Å². The Morgan fingerprint density at radius 1 is 1.12 bits per heavy atom. The van der Waals surface area contributed by atoms with Gasteiger partial charge in [0, 0.05) is 11.3 Å². The zero-order valence-electron chi connectivity index (χ0n) is 10.3. The highest BCUT2D eigenvalue weighted by atomic mass is 35.5. The molecule has 0 amide bonds. The highest BCUT2D eigenvalue weighted by molar-refractivity contribution is 6.17. The Morgan fingerprint density at radius 3 is 2.25 bits per heavy atom. The molecule has 0 spiro atoms. The van der Waals surface area contributed by atoms with E-state index in [1.807, 2.05) is 0 Å². The van der Waals surface area contributed by atoms with E-state index in [0.29, 0.717) is 5.88 Å². The van der Waals surface area contributed by atoms with Crippen LogP contribution in [-0.2, 0) is 10.2 Å². The molecule has 1 aliphatic heterocycles. The van der Waals surface area contributed by atoms with Crippen LogP contribution < -0.4 is 0 Å². The van der Waals surface area contributed by atoms with Crippen LogP contribution in [0, 0.1) is 20.8 Å². The molecule has 1 heterocycles. The first-order chi connectivity index (χ1) is 7.59. The van der Waals surface area contributed by atoms with Crippen molar-refractivity contribution < 1.29 is 4.74 Å². The van der Waals surface area contributed by atoms with Gasteiger partial charge in [-0.15, -0.1) is 11.6 Å². The van der Waals surface area contributed by atoms with E-state index >= 15 is 0 Å². The van der Waals surface area contributed by atoms with Gasteiger partial charge in [-0.2, -0.15) is 0 Å². The second kappa shape index (κ2) is 4.38. The fraction of sp³-hybridized carbons (Fsp3) is 0.571. The predicted molar refractivity (Wildman–Crippen MR) is 68.5 cm³/mol. The molecule has 0 bridgehead atoms. The molecule has 88 valence electrons. The third kappa shape index (κ3) is 1.87. The number of benzene rings is 1. The topological polar surface area (TPSA) is 9.23 Å². The van der Waals surface area contributed by atoms with Gasteiger partial charge in [-0.05, 0) is 49.4 Å². The third-order valence-corrected chi connectivity index (χ3v) is 3.93. The van der Waals surface area contributed by atoms with E-state index in [2.05, 4.69) is 32.9 Å². The molecular weight excluding hydrogens is 220 g/mol. The van der Waals surface area contributed by atoms with Gasteiger partial charge in [0.05, 0.1) is 13.2 Å². The molecular formula is C14H19ClO. The Hall–Kier alpha value is -0.530. The summed E-state index contributed by atoms with van der Waals surface area (Å²) in [5.41, 5.74) is 5.72. The molecule has 2 rings (SSSR count). The maximum Gasteiger partial charge on any atom is 0.0586 e. The SMILES string of the molecule is Cc1cc(C)c(C2(CCCl)COC2)cc1C. The Balaban J connectivity index is 2.42. The molecule has 1 saturated heterocycles. The van der Waals surface area contributed by atoms with Crippen LogP contribution in [0.1, 0.15) is 28.7 Å². The third-order valence-electron chi connectivity index (χ3n) is 3.74. The minimum Gasteiger partial charge on any atom is -0.379 e. The van der Waals surface area contributed by atoms with Crippen LogP contribution >= 0.6 is 11.6 Å². The van der Waals surface area contributed by atoms with Gasteiger partial charge in [0.25, 0.3) is 0 Å². The first-order valence-corrected chi connectivity index (χ1v) is 6.34. The summed E-state index contributed by atoms with van der Waals surface area (Å²) in [6.07, 6.45) is 1.01. The van der Waals surface area contributed by atoms with E-state index in [0.717, 1.165) is 19.6 Å². The molecule has 0 radical (unpaired) electrons. The normalized spacial score (nSPS) is 18.2. The summed E-state index contributed by atoms with van der Waals surface area (Å²) < 4.78 is 5.41. The van der Waals surface area contributed by atoms with Crippen molar-refractivity contribution in [3.8, 4) is 0 Å². The van der Waals surface area contributed by atoms with Crippen LogP contribution in [0.25, 0.3) is 0 Å². The summed E-state index contributed by atoms with van der Waals surface area (Å²) in [4.78, 5) is 0. The van der Waals surface area contributed by atoms with E-state index < -0.39 is 0 Å². The maximum atomic E-state index is 5.92. The Morgan fingerprint density at radius 2 is 1.75 bits per heavy atom. The Bertz CT molecular complexity index is 394. The largest absolute Gasteiger partial charge is 0.379 e. The van der Waals surface area contributed by atoms with Gasteiger partial charge in [0.2, 0.25) is 0 Å². The summed E-state index contributed by atoms with van der Waals surface area (Å²) in [6, 6.07) is 4.60. The molecule has 1 fully saturated rings. The lowest BCUT2D eigenvalue weighted by atomic mass is 9.73. The molecule has 0 saturated carbocycles. The van der Waals surface area contributed by atoms with Crippen LogP contribution in [0.3, 0.4) is 0 Å². The van der Waals surface area contributed by atoms with Gasteiger partial charge in [-0.25, -0.2) is 0 Å². The van der Waals surface area contributed by atoms with Gasteiger partial charge >= 0.3 is 0 Å². The summed E-state index contributed by atoms with van der Waals surface area (Å²) in [5.74, 6) is 0.704. The molecule has 0 aliphatic carbocycles. The van der Waals surface area contributed by atoms with Gasteiger partial charge in [0.15, 0.2) is 0 Å². The van der Waals surface area contributed by atoms with Crippen LogP contribution in [0.2, 0.25) is 0 Å². The van der Waals surface area contributed by atoms with Gasteiger partial charge in [-0.1, -0.05) is 12.1 Å². The van der Waals surface area contributed by atoms with Gasteiger partial charge in [-0.3, -0.25) is 0 Å². The van der Waals surface area contributed by atoms with Crippen LogP contribution in [0.4, 0.5) is 0 Å². The second-order valence-corrected chi connectivity index (χ2v) is 5.34. The standard InChI is InChI=1S/C14H19ClO/c1-10-6-12(3)13(7-11(10)2)14(4-5-15)8-16-9-14/h6-7H,4-5,8-9H2,1-3H3. The Kier molecular flexibility index (Phi) is 3.27. The minimum absolute atomic E-state index is 0.185. The molecule has 0 atom stereocenters. The van der Waals surface area contributed by atoms with E-state index in [1.165, 1.54) is 22.3 Å².